The maximum atomic E-state index is 12.6. The van der Waals surface area contributed by atoms with Gasteiger partial charge in [0.15, 0.2) is 9.84 Å². The summed E-state index contributed by atoms with van der Waals surface area (Å²) in [5, 5.41) is 6.67. The Labute approximate surface area is 192 Å². The van der Waals surface area contributed by atoms with Crippen molar-refractivity contribution in [3.05, 3.63) is 57.6 Å². The molecule has 0 bridgehead atoms. The average Bonchev–Trinajstić information content (AvgIpc) is 2.95. The molecule has 6 nitrogen and oxygen atoms in total. The molecule has 0 spiro atoms. The SMILES string of the molecule is Cc1c(Cl)cccc1NC(=O)C[C@@H]1CS(=O)(=O)C[C@@H]1CC(=O)Nc1cccc(Cl)c1C. The van der Waals surface area contributed by atoms with Gasteiger partial charge < -0.3 is 10.6 Å². The van der Waals surface area contributed by atoms with Crippen molar-refractivity contribution in [1.82, 2.24) is 0 Å². The quantitative estimate of drug-likeness (QED) is 0.627. The van der Waals surface area contributed by atoms with Gasteiger partial charge in [-0.1, -0.05) is 35.3 Å². The lowest BCUT2D eigenvalue weighted by molar-refractivity contribution is -0.119. The van der Waals surface area contributed by atoms with Gasteiger partial charge in [0.1, 0.15) is 0 Å². The van der Waals surface area contributed by atoms with E-state index < -0.39 is 21.7 Å². The monoisotopic (exact) mass is 482 g/mol. The van der Waals surface area contributed by atoms with Crippen molar-refractivity contribution in [3.63, 3.8) is 0 Å². The molecule has 166 valence electrons. The molecule has 1 fully saturated rings. The maximum Gasteiger partial charge on any atom is 0.224 e. The minimum Gasteiger partial charge on any atom is -0.326 e. The summed E-state index contributed by atoms with van der Waals surface area (Å²) < 4.78 is 24.5. The highest BCUT2D eigenvalue weighted by molar-refractivity contribution is 7.91. The Morgan fingerprint density at radius 1 is 0.839 bits per heavy atom. The Morgan fingerprint density at radius 3 is 1.61 bits per heavy atom. The van der Waals surface area contributed by atoms with Gasteiger partial charge in [0.25, 0.3) is 0 Å². The summed E-state index contributed by atoms with van der Waals surface area (Å²) in [5.41, 5.74) is 2.65. The molecule has 31 heavy (non-hydrogen) atoms. The van der Waals surface area contributed by atoms with E-state index >= 15 is 0 Å². The Balaban J connectivity index is 1.66. The second kappa shape index (κ2) is 9.59. The van der Waals surface area contributed by atoms with E-state index in [1.165, 1.54) is 0 Å². The first-order chi connectivity index (χ1) is 14.6. The normalized spacial score (nSPS) is 19.7. The van der Waals surface area contributed by atoms with Crippen molar-refractivity contribution in [2.75, 3.05) is 22.1 Å². The molecule has 1 aliphatic rings. The van der Waals surface area contributed by atoms with Crippen LogP contribution in [0.2, 0.25) is 10.0 Å². The van der Waals surface area contributed by atoms with Gasteiger partial charge in [0.05, 0.1) is 11.5 Å². The first kappa shape index (κ1) is 23.6. The molecule has 0 aliphatic carbocycles. The molecule has 1 aliphatic heterocycles. The van der Waals surface area contributed by atoms with Gasteiger partial charge >= 0.3 is 0 Å². The highest BCUT2D eigenvalue weighted by Crippen LogP contribution is 2.32. The first-order valence-electron chi connectivity index (χ1n) is 9.86. The van der Waals surface area contributed by atoms with Gasteiger partial charge in [-0.05, 0) is 61.1 Å². The molecule has 3 rings (SSSR count). The summed E-state index contributed by atoms with van der Waals surface area (Å²) in [5.74, 6) is -1.69. The van der Waals surface area contributed by atoms with E-state index in [4.69, 9.17) is 23.2 Å². The fourth-order valence-corrected chi connectivity index (χ4v) is 6.38. The minimum absolute atomic E-state index is 0.0132. The Hall–Kier alpha value is -2.09. The molecule has 9 heteroatoms. The first-order valence-corrected chi connectivity index (χ1v) is 12.4. The number of amides is 2. The van der Waals surface area contributed by atoms with Crippen LogP contribution in [0.25, 0.3) is 0 Å². The molecule has 1 saturated heterocycles. The van der Waals surface area contributed by atoms with E-state index in [1.807, 2.05) is 0 Å². The lowest BCUT2D eigenvalue weighted by Crippen LogP contribution is -2.25. The predicted octanol–water partition coefficient (Wildman–Crippen LogP) is 4.63. The summed E-state index contributed by atoms with van der Waals surface area (Å²) in [4.78, 5) is 25.2. The van der Waals surface area contributed by atoms with E-state index in [9.17, 15) is 18.0 Å². The fraction of sp³-hybridized carbons (Fsp3) is 0.364. The van der Waals surface area contributed by atoms with Crippen LogP contribution in [0.5, 0.6) is 0 Å². The molecular weight excluding hydrogens is 459 g/mol. The van der Waals surface area contributed by atoms with Crippen LogP contribution in [0.15, 0.2) is 36.4 Å². The number of hydrogen-bond acceptors (Lipinski definition) is 4. The maximum absolute atomic E-state index is 12.6. The minimum atomic E-state index is -3.31. The summed E-state index contributed by atoms with van der Waals surface area (Å²) in [7, 11) is -3.31. The zero-order valence-corrected chi connectivity index (χ0v) is 19.6. The highest BCUT2D eigenvalue weighted by atomic mass is 35.5. The number of carbonyl (C=O) groups is 2. The molecule has 2 atom stereocenters. The number of hydrogen-bond donors (Lipinski definition) is 2. The van der Waals surface area contributed by atoms with Crippen LogP contribution in [-0.4, -0.2) is 31.7 Å². The molecule has 2 aromatic rings. The van der Waals surface area contributed by atoms with Crippen molar-refractivity contribution < 1.29 is 18.0 Å². The van der Waals surface area contributed by atoms with E-state index in [0.717, 1.165) is 11.1 Å². The van der Waals surface area contributed by atoms with E-state index in [0.29, 0.717) is 21.4 Å². The van der Waals surface area contributed by atoms with Crippen LogP contribution in [0.1, 0.15) is 24.0 Å². The van der Waals surface area contributed by atoms with Crippen LogP contribution in [0.3, 0.4) is 0 Å². The average molecular weight is 483 g/mol. The molecule has 0 saturated carbocycles. The van der Waals surface area contributed by atoms with Gasteiger partial charge in [-0.15, -0.1) is 0 Å². The largest absolute Gasteiger partial charge is 0.326 e. The van der Waals surface area contributed by atoms with Gasteiger partial charge in [0, 0.05) is 34.3 Å². The summed E-state index contributed by atoms with van der Waals surface area (Å²) >= 11 is 12.2. The number of anilines is 2. The number of benzene rings is 2. The fourth-order valence-electron chi connectivity index (χ4n) is 3.81. The zero-order valence-electron chi connectivity index (χ0n) is 17.2. The topological polar surface area (TPSA) is 92.3 Å². The second-order valence-electron chi connectivity index (χ2n) is 7.93. The Morgan fingerprint density at radius 2 is 1.23 bits per heavy atom. The Kier molecular flexibility index (Phi) is 7.29. The molecule has 2 amide bonds. The predicted molar refractivity (Wildman–Crippen MR) is 125 cm³/mol. The zero-order chi connectivity index (χ0) is 22.8. The van der Waals surface area contributed by atoms with Crippen molar-refractivity contribution in [3.8, 4) is 0 Å². The number of rotatable bonds is 6. The number of halogens is 2. The van der Waals surface area contributed by atoms with Crippen molar-refractivity contribution in [2.45, 2.75) is 26.7 Å². The van der Waals surface area contributed by atoms with E-state index in [2.05, 4.69) is 10.6 Å². The Bertz CT molecular complexity index is 1040. The molecular formula is C22H24Cl2N2O4S. The molecule has 0 unspecified atom stereocenters. The van der Waals surface area contributed by atoms with Gasteiger partial charge in [0.2, 0.25) is 11.8 Å². The third-order valence-electron chi connectivity index (χ3n) is 5.58. The van der Waals surface area contributed by atoms with Crippen LogP contribution in [-0.2, 0) is 19.4 Å². The smallest absolute Gasteiger partial charge is 0.224 e. The number of nitrogens with one attached hydrogen (secondary N) is 2. The molecule has 2 N–H and O–H groups in total. The van der Waals surface area contributed by atoms with Crippen molar-refractivity contribution in [1.29, 1.82) is 0 Å². The lowest BCUT2D eigenvalue weighted by atomic mass is 9.89. The third-order valence-corrected chi connectivity index (χ3v) is 8.27. The summed E-state index contributed by atoms with van der Waals surface area (Å²) in [6.07, 6.45) is 0.0264. The van der Waals surface area contributed by atoms with Crippen LogP contribution in [0.4, 0.5) is 11.4 Å². The van der Waals surface area contributed by atoms with Gasteiger partial charge in [-0.25, -0.2) is 8.42 Å². The number of carbonyl (C=O) groups excluding carboxylic acids is 2. The lowest BCUT2D eigenvalue weighted by Gasteiger charge is -2.18. The van der Waals surface area contributed by atoms with E-state index in [1.54, 1.807) is 50.2 Å². The second-order valence-corrected chi connectivity index (χ2v) is 10.9. The van der Waals surface area contributed by atoms with E-state index in [-0.39, 0.29) is 36.2 Å². The summed E-state index contributed by atoms with van der Waals surface area (Å²) in [6, 6.07) is 10.4. The van der Waals surface area contributed by atoms with Gasteiger partial charge in [-0.2, -0.15) is 0 Å². The van der Waals surface area contributed by atoms with Crippen molar-refractivity contribution >= 4 is 56.2 Å². The standard InChI is InChI=1S/C22H24Cl2N2O4S/c1-13-17(23)5-3-7-19(13)25-21(27)9-15-11-31(29,30)12-16(15)10-22(28)26-20-8-4-6-18(24)14(20)2/h3-8,15-16H,9-12H2,1-2H3,(H,25,27)(H,26,28)/t15-,16+. The molecule has 2 aromatic carbocycles. The summed E-state index contributed by atoms with van der Waals surface area (Å²) in [6.45, 7) is 3.59. The number of sulfone groups is 1. The molecule has 0 radical (unpaired) electrons. The molecule has 0 aromatic heterocycles. The van der Waals surface area contributed by atoms with Gasteiger partial charge in [-0.3, -0.25) is 9.59 Å². The van der Waals surface area contributed by atoms with Crippen LogP contribution < -0.4 is 10.6 Å². The van der Waals surface area contributed by atoms with Crippen LogP contribution >= 0.6 is 23.2 Å². The third kappa shape index (κ3) is 5.99. The highest BCUT2D eigenvalue weighted by Gasteiger charge is 2.39. The van der Waals surface area contributed by atoms with Crippen molar-refractivity contribution in [2.24, 2.45) is 11.8 Å². The molecule has 1 heterocycles. The van der Waals surface area contributed by atoms with Crippen LogP contribution in [0, 0.1) is 25.7 Å².